The van der Waals surface area contributed by atoms with E-state index < -0.39 is 0 Å². The Kier molecular flexibility index (Phi) is 8.15. The Morgan fingerprint density at radius 3 is 2.55 bits per heavy atom. The lowest BCUT2D eigenvalue weighted by molar-refractivity contribution is -0.131. The van der Waals surface area contributed by atoms with E-state index in [0.29, 0.717) is 5.92 Å². The zero-order valence-corrected chi connectivity index (χ0v) is 13.7. The molecule has 1 aliphatic rings. The predicted octanol–water partition coefficient (Wildman–Crippen LogP) is 2.78. The van der Waals surface area contributed by atoms with E-state index in [1.165, 1.54) is 6.42 Å². The van der Waals surface area contributed by atoms with Gasteiger partial charge < -0.3 is 9.64 Å². The third kappa shape index (κ3) is 4.74. The number of nitrogens with one attached hydrogen (secondary N) is 1. The topological polar surface area (TPSA) is 41.6 Å². The predicted molar refractivity (Wildman–Crippen MR) is 82.5 cm³/mol. The van der Waals surface area contributed by atoms with Gasteiger partial charge in [0.15, 0.2) is 0 Å². The third-order valence-corrected chi connectivity index (χ3v) is 4.23. The summed E-state index contributed by atoms with van der Waals surface area (Å²) >= 11 is 0. The number of carbonyl (C=O) groups excluding carboxylic acids is 1. The lowest BCUT2D eigenvalue weighted by atomic mass is 9.99. The second-order valence-electron chi connectivity index (χ2n) is 5.81. The monoisotopic (exact) mass is 284 g/mol. The maximum absolute atomic E-state index is 12.5. The Bertz CT molecular complexity index is 284. The summed E-state index contributed by atoms with van der Waals surface area (Å²) in [4.78, 5) is 14.5. The van der Waals surface area contributed by atoms with Crippen molar-refractivity contribution in [1.29, 1.82) is 0 Å². The van der Waals surface area contributed by atoms with Crippen molar-refractivity contribution in [2.45, 2.75) is 72.0 Å². The highest BCUT2D eigenvalue weighted by molar-refractivity contribution is 5.84. The van der Waals surface area contributed by atoms with Crippen LogP contribution in [0.2, 0.25) is 0 Å². The fourth-order valence-electron chi connectivity index (χ4n) is 2.63. The highest BCUT2D eigenvalue weighted by Crippen LogP contribution is 2.21. The molecule has 1 aliphatic heterocycles. The Balaban J connectivity index is 2.37. The number of carbonyl (C=O) groups is 1. The number of ether oxygens (including phenoxy) is 1. The van der Waals surface area contributed by atoms with E-state index in [1.54, 1.807) is 0 Å². The normalized spacial score (nSPS) is 24.4. The quantitative estimate of drug-likeness (QED) is 0.627. The van der Waals surface area contributed by atoms with Gasteiger partial charge in [0.05, 0.1) is 12.2 Å². The fraction of sp³-hybridized carbons (Fsp3) is 0.938. The molecule has 1 fully saturated rings. The number of hydrogen-bond acceptors (Lipinski definition) is 3. The van der Waals surface area contributed by atoms with Crippen LogP contribution >= 0.6 is 0 Å². The van der Waals surface area contributed by atoms with Crippen LogP contribution < -0.4 is 5.32 Å². The number of hydrogen-bond donors (Lipinski definition) is 1. The minimum absolute atomic E-state index is 0.00552. The first-order chi connectivity index (χ1) is 9.65. The smallest absolute Gasteiger partial charge is 0.241 e. The third-order valence-electron chi connectivity index (χ3n) is 4.23. The second kappa shape index (κ2) is 9.35. The molecule has 4 nitrogen and oxygen atoms in total. The molecule has 0 aromatic rings. The van der Waals surface area contributed by atoms with Gasteiger partial charge in [-0.25, -0.2) is 0 Å². The Morgan fingerprint density at radius 2 is 1.95 bits per heavy atom. The first kappa shape index (κ1) is 17.4. The van der Waals surface area contributed by atoms with Crippen LogP contribution in [0, 0.1) is 5.92 Å². The van der Waals surface area contributed by atoms with Crippen LogP contribution in [0.4, 0.5) is 0 Å². The van der Waals surface area contributed by atoms with Gasteiger partial charge in [0.1, 0.15) is 0 Å². The van der Waals surface area contributed by atoms with Crippen LogP contribution in [0.25, 0.3) is 0 Å². The van der Waals surface area contributed by atoms with E-state index in [9.17, 15) is 4.79 Å². The van der Waals surface area contributed by atoms with Gasteiger partial charge >= 0.3 is 0 Å². The van der Waals surface area contributed by atoms with E-state index in [0.717, 1.165) is 45.4 Å². The summed E-state index contributed by atoms with van der Waals surface area (Å²) in [6.07, 6.45) is 5.43. The van der Waals surface area contributed by atoms with Gasteiger partial charge in [-0.3, -0.25) is 10.1 Å². The Hall–Kier alpha value is -0.610. The summed E-state index contributed by atoms with van der Waals surface area (Å²) < 4.78 is 5.58. The summed E-state index contributed by atoms with van der Waals surface area (Å²) in [6, 6.07) is 0.00552. The summed E-state index contributed by atoms with van der Waals surface area (Å²) in [5, 5.41) is 3.49. The maximum atomic E-state index is 12.5. The zero-order chi connectivity index (χ0) is 15.0. The Labute approximate surface area is 124 Å². The van der Waals surface area contributed by atoms with Gasteiger partial charge in [-0.1, -0.05) is 40.5 Å². The van der Waals surface area contributed by atoms with E-state index in [2.05, 4.69) is 33.0 Å². The summed E-state index contributed by atoms with van der Waals surface area (Å²) in [5.74, 6) is 0.683. The molecule has 1 heterocycles. The maximum Gasteiger partial charge on any atom is 0.241 e. The highest BCUT2D eigenvalue weighted by atomic mass is 16.5. The summed E-state index contributed by atoms with van der Waals surface area (Å²) in [7, 11) is 0. The number of nitrogens with zero attached hydrogens (tertiary/aromatic N) is 1. The number of amides is 1. The molecule has 118 valence electrons. The molecule has 3 unspecified atom stereocenters. The van der Waals surface area contributed by atoms with Crippen LogP contribution in [-0.2, 0) is 9.53 Å². The van der Waals surface area contributed by atoms with Crippen LogP contribution in [0.15, 0.2) is 0 Å². The molecule has 4 heteroatoms. The molecule has 0 radical (unpaired) electrons. The average molecular weight is 284 g/mol. The van der Waals surface area contributed by atoms with Crippen LogP contribution in [0.1, 0.15) is 59.8 Å². The molecule has 0 bridgehead atoms. The van der Waals surface area contributed by atoms with Crippen LogP contribution in [0.3, 0.4) is 0 Å². The molecule has 1 rings (SSSR count). The highest BCUT2D eigenvalue weighted by Gasteiger charge is 2.39. The molecule has 1 amide bonds. The van der Waals surface area contributed by atoms with Gasteiger partial charge in [-0.05, 0) is 25.2 Å². The molecule has 0 aliphatic carbocycles. The summed E-state index contributed by atoms with van der Waals surface area (Å²) in [5.41, 5.74) is 0. The van der Waals surface area contributed by atoms with Gasteiger partial charge in [0.2, 0.25) is 5.91 Å². The van der Waals surface area contributed by atoms with Crippen molar-refractivity contribution in [2.75, 3.05) is 19.8 Å². The first-order valence-electron chi connectivity index (χ1n) is 8.29. The molecule has 1 N–H and O–H groups in total. The molecule has 0 spiro atoms. The van der Waals surface area contributed by atoms with Crippen molar-refractivity contribution in [2.24, 2.45) is 5.92 Å². The van der Waals surface area contributed by atoms with Gasteiger partial charge in [0, 0.05) is 19.8 Å². The molecule has 0 saturated carbocycles. The SMILES string of the molecule is CCCCOCCCN1C(=O)C(C(C)CC)NC1CC. The molecule has 1 saturated heterocycles. The van der Waals surface area contributed by atoms with Crippen molar-refractivity contribution in [1.82, 2.24) is 10.2 Å². The second-order valence-corrected chi connectivity index (χ2v) is 5.81. The van der Waals surface area contributed by atoms with Crippen LogP contribution in [0.5, 0.6) is 0 Å². The lowest BCUT2D eigenvalue weighted by Gasteiger charge is -2.23. The minimum Gasteiger partial charge on any atom is -0.381 e. The molecule has 3 atom stereocenters. The summed E-state index contributed by atoms with van der Waals surface area (Å²) in [6.45, 7) is 11.0. The van der Waals surface area contributed by atoms with Gasteiger partial charge in [0.25, 0.3) is 0 Å². The van der Waals surface area contributed by atoms with Crippen LogP contribution in [-0.4, -0.2) is 42.8 Å². The van der Waals surface area contributed by atoms with Crippen molar-refractivity contribution in [3.63, 3.8) is 0 Å². The minimum atomic E-state index is 0.00552. The largest absolute Gasteiger partial charge is 0.381 e. The molecular weight excluding hydrogens is 252 g/mol. The number of unbranched alkanes of at least 4 members (excludes halogenated alkanes) is 1. The first-order valence-corrected chi connectivity index (χ1v) is 8.29. The van der Waals surface area contributed by atoms with Crippen molar-refractivity contribution >= 4 is 5.91 Å². The van der Waals surface area contributed by atoms with Gasteiger partial charge in [-0.2, -0.15) is 0 Å². The van der Waals surface area contributed by atoms with E-state index in [1.807, 2.05) is 4.90 Å². The fourth-order valence-corrected chi connectivity index (χ4v) is 2.63. The molecule has 20 heavy (non-hydrogen) atoms. The van der Waals surface area contributed by atoms with E-state index >= 15 is 0 Å². The lowest BCUT2D eigenvalue weighted by Crippen LogP contribution is -2.37. The van der Waals surface area contributed by atoms with Gasteiger partial charge in [-0.15, -0.1) is 0 Å². The molecule has 0 aromatic carbocycles. The van der Waals surface area contributed by atoms with Crippen molar-refractivity contribution < 1.29 is 9.53 Å². The average Bonchev–Trinajstić information content (AvgIpc) is 2.78. The molecular formula is C16H32N2O2. The molecule has 0 aromatic heterocycles. The number of rotatable bonds is 10. The van der Waals surface area contributed by atoms with E-state index in [-0.39, 0.29) is 18.1 Å². The standard InChI is InChI=1S/C16H32N2O2/c1-5-8-11-20-12-9-10-18-14(7-3)17-15(16(18)19)13(4)6-2/h13-15,17H,5-12H2,1-4H3. The van der Waals surface area contributed by atoms with Crippen molar-refractivity contribution in [3.05, 3.63) is 0 Å². The van der Waals surface area contributed by atoms with E-state index in [4.69, 9.17) is 4.74 Å². The van der Waals surface area contributed by atoms with Crippen molar-refractivity contribution in [3.8, 4) is 0 Å². The zero-order valence-electron chi connectivity index (χ0n) is 13.7. The Morgan fingerprint density at radius 1 is 1.25 bits per heavy atom.